The first kappa shape index (κ1) is 31.7. The zero-order valence-corrected chi connectivity index (χ0v) is 31.0. The highest BCUT2D eigenvalue weighted by Crippen LogP contribution is 2.43. The van der Waals surface area contributed by atoms with Crippen molar-refractivity contribution in [2.45, 2.75) is 0 Å². The van der Waals surface area contributed by atoms with Crippen LogP contribution in [-0.4, -0.2) is 13.7 Å². The predicted octanol–water partition coefficient (Wildman–Crippen LogP) is 14.3. The lowest BCUT2D eigenvalue weighted by molar-refractivity contribution is 1.15. The van der Waals surface area contributed by atoms with Gasteiger partial charge in [0.1, 0.15) is 0 Å². The smallest absolute Gasteiger partial charge is 0.0788 e. The van der Waals surface area contributed by atoms with Crippen LogP contribution in [0.3, 0.4) is 0 Å². The fraction of sp³-hybridized carbons (Fsp3) is 0. The van der Waals surface area contributed by atoms with Crippen LogP contribution in [-0.2, 0) is 0 Å². The molecule has 3 aromatic heterocycles. The number of hydrogen-bond donors (Lipinski definition) is 0. The van der Waals surface area contributed by atoms with E-state index < -0.39 is 0 Å². The van der Waals surface area contributed by atoms with Crippen molar-refractivity contribution < 1.29 is 0 Å². The van der Waals surface area contributed by atoms with Gasteiger partial charge in [0.05, 0.1) is 33.1 Å². The molecule has 0 bridgehead atoms. The van der Waals surface area contributed by atoms with Gasteiger partial charge in [0.2, 0.25) is 0 Å². The number of hydrogen-bond acceptors (Lipinski definition) is 0. The van der Waals surface area contributed by atoms with Crippen molar-refractivity contribution in [3.05, 3.63) is 212 Å². The average Bonchev–Trinajstić information content (AvgIpc) is 3.93. The summed E-state index contributed by atoms with van der Waals surface area (Å²) in [5.74, 6) is 0. The van der Waals surface area contributed by atoms with E-state index in [1.165, 1.54) is 93.4 Å². The number of benzene rings is 9. The lowest BCUT2D eigenvalue weighted by Crippen LogP contribution is -1.98. The first-order valence-electron chi connectivity index (χ1n) is 19.6. The summed E-state index contributed by atoms with van der Waals surface area (Å²) in [4.78, 5) is 0. The minimum Gasteiger partial charge on any atom is -0.309 e. The van der Waals surface area contributed by atoms with Crippen LogP contribution in [0.2, 0.25) is 0 Å². The van der Waals surface area contributed by atoms with Gasteiger partial charge in [0.25, 0.3) is 0 Å². The number of rotatable bonds is 5. The number of para-hydroxylation sites is 5. The second kappa shape index (κ2) is 12.5. The Balaban J connectivity index is 1.02. The van der Waals surface area contributed by atoms with Crippen molar-refractivity contribution in [2.75, 3.05) is 0 Å². The van der Waals surface area contributed by atoms with Crippen molar-refractivity contribution in [3.63, 3.8) is 0 Å². The van der Waals surface area contributed by atoms with Crippen LogP contribution in [0, 0.1) is 0 Å². The molecular weight excluding hydrogens is 691 g/mol. The standard InChI is InChI=1S/C54H35N3/c1-4-14-40(15-5-1)55-49-22-12-11-21-44(49)47-34-38(28-32-51(47)55)36-24-26-37(27-25-36)39-29-33-52-48(35-39)46-31-30-45-43-20-10-13-23-50(43)56(41-16-6-2-7-17-41)53(45)54(46)57(52)42-18-8-3-9-19-42/h1-35H. The molecule has 0 saturated carbocycles. The van der Waals surface area contributed by atoms with Crippen LogP contribution in [0.15, 0.2) is 212 Å². The Labute approximate surface area is 329 Å². The maximum atomic E-state index is 2.46. The maximum Gasteiger partial charge on any atom is 0.0788 e. The zero-order valence-electron chi connectivity index (χ0n) is 31.0. The Morgan fingerprint density at radius 2 is 0.544 bits per heavy atom. The molecule has 0 N–H and O–H groups in total. The van der Waals surface area contributed by atoms with Crippen molar-refractivity contribution in [1.82, 2.24) is 13.7 Å². The third-order valence-electron chi connectivity index (χ3n) is 11.8. The van der Waals surface area contributed by atoms with Gasteiger partial charge in [-0.15, -0.1) is 0 Å². The fourth-order valence-corrected chi connectivity index (χ4v) is 9.28. The monoisotopic (exact) mass is 725 g/mol. The van der Waals surface area contributed by atoms with Crippen molar-refractivity contribution in [1.29, 1.82) is 0 Å². The molecule has 12 rings (SSSR count). The summed E-state index contributed by atoms with van der Waals surface area (Å²) < 4.78 is 7.28. The lowest BCUT2D eigenvalue weighted by atomic mass is 9.98. The summed E-state index contributed by atoms with van der Waals surface area (Å²) in [5.41, 5.74) is 15.6. The van der Waals surface area contributed by atoms with E-state index in [4.69, 9.17) is 0 Å². The van der Waals surface area contributed by atoms with Gasteiger partial charge in [-0.25, -0.2) is 0 Å². The molecule has 0 spiro atoms. The van der Waals surface area contributed by atoms with E-state index in [-0.39, 0.29) is 0 Å². The summed E-state index contributed by atoms with van der Waals surface area (Å²) in [7, 11) is 0. The first-order chi connectivity index (χ1) is 28.3. The van der Waals surface area contributed by atoms with Gasteiger partial charge < -0.3 is 13.7 Å². The summed E-state index contributed by atoms with van der Waals surface area (Å²) in [6.07, 6.45) is 0. The minimum absolute atomic E-state index is 1.15. The quantitative estimate of drug-likeness (QED) is 0.168. The molecule has 0 atom stereocenters. The van der Waals surface area contributed by atoms with E-state index in [1.807, 2.05) is 0 Å². The van der Waals surface area contributed by atoms with Gasteiger partial charge in [-0.3, -0.25) is 0 Å². The lowest BCUT2D eigenvalue weighted by Gasteiger charge is -2.12. The Kier molecular flexibility index (Phi) is 6.93. The van der Waals surface area contributed by atoms with Crippen molar-refractivity contribution >= 4 is 65.4 Å². The van der Waals surface area contributed by atoms with E-state index in [0.717, 1.165) is 11.4 Å². The van der Waals surface area contributed by atoms with E-state index in [0.29, 0.717) is 0 Å². The third kappa shape index (κ3) is 4.79. The van der Waals surface area contributed by atoms with Crippen LogP contribution in [0.4, 0.5) is 0 Å². The van der Waals surface area contributed by atoms with Gasteiger partial charge in [-0.2, -0.15) is 0 Å². The third-order valence-corrected chi connectivity index (χ3v) is 11.8. The van der Waals surface area contributed by atoms with E-state index in [9.17, 15) is 0 Å². The molecule has 3 heteroatoms. The highest BCUT2D eigenvalue weighted by atomic mass is 15.0. The molecular formula is C54H35N3. The van der Waals surface area contributed by atoms with Crippen LogP contribution in [0.25, 0.3) is 105 Å². The minimum atomic E-state index is 1.15. The number of fused-ring (bicyclic) bond motifs is 10. The average molecular weight is 726 g/mol. The second-order valence-corrected chi connectivity index (χ2v) is 14.9. The van der Waals surface area contributed by atoms with E-state index in [2.05, 4.69) is 226 Å². The fourth-order valence-electron chi connectivity index (χ4n) is 9.28. The number of nitrogens with zero attached hydrogens (tertiary/aromatic N) is 3. The van der Waals surface area contributed by atoms with Gasteiger partial charge in [-0.05, 0) is 95.1 Å². The normalized spacial score (nSPS) is 11.9. The van der Waals surface area contributed by atoms with E-state index >= 15 is 0 Å². The molecule has 0 aliphatic rings. The highest BCUT2D eigenvalue weighted by molar-refractivity contribution is 6.24. The predicted molar refractivity (Wildman–Crippen MR) is 240 cm³/mol. The van der Waals surface area contributed by atoms with Crippen LogP contribution >= 0.6 is 0 Å². The molecule has 0 saturated heterocycles. The highest BCUT2D eigenvalue weighted by Gasteiger charge is 2.21. The molecule has 0 amide bonds. The van der Waals surface area contributed by atoms with Gasteiger partial charge in [-0.1, -0.05) is 140 Å². The molecule has 3 heterocycles. The zero-order chi connectivity index (χ0) is 37.5. The van der Waals surface area contributed by atoms with Gasteiger partial charge in [0.15, 0.2) is 0 Å². The first-order valence-corrected chi connectivity index (χ1v) is 19.6. The van der Waals surface area contributed by atoms with Gasteiger partial charge >= 0.3 is 0 Å². The molecule has 0 aliphatic heterocycles. The van der Waals surface area contributed by atoms with Crippen LogP contribution < -0.4 is 0 Å². The van der Waals surface area contributed by atoms with Crippen LogP contribution in [0.5, 0.6) is 0 Å². The molecule has 57 heavy (non-hydrogen) atoms. The molecule has 3 nitrogen and oxygen atoms in total. The number of aromatic nitrogens is 3. The SMILES string of the molecule is c1ccc(-n2c3ccccc3c3cc(-c4ccc(-c5ccc6c(c5)c5ccc7c8ccccc8n(-c8ccccc8)c7c5n6-c5ccccc5)cc4)ccc32)cc1. The summed E-state index contributed by atoms with van der Waals surface area (Å²) in [6.45, 7) is 0. The topological polar surface area (TPSA) is 14.8 Å². The molecule has 0 aliphatic carbocycles. The van der Waals surface area contributed by atoms with Crippen molar-refractivity contribution in [2.24, 2.45) is 0 Å². The summed E-state index contributed by atoms with van der Waals surface area (Å²) >= 11 is 0. The maximum absolute atomic E-state index is 2.46. The van der Waals surface area contributed by atoms with Gasteiger partial charge in [0, 0.05) is 49.4 Å². The summed E-state index contributed by atoms with van der Waals surface area (Å²) in [5, 5.41) is 7.51. The molecule has 0 radical (unpaired) electrons. The Morgan fingerprint density at radius 1 is 0.211 bits per heavy atom. The largest absolute Gasteiger partial charge is 0.309 e. The second-order valence-electron chi connectivity index (χ2n) is 14.9. The van der Waals surface area contributed by atoms with Crippen molar-refractivity contribution in [3.8, 4) is 39.3 Å². The van der Waals surface area contributed by atoms with Crippen LogP contribution in [0.1, 0.15) is 0 Å². The molecule has 9 aromatic carbocycles. The van der Waals surface area contributed by atoms with E-state index in [1.54, 1.807) is 0 Å². The molecule has 266 valence electrons. The molecule has 12 aromatic rings. The Bertz CT molecular complexity index is 3480. The molecule has 0 fully saturated rings. The Hall–Kier alpha value is -7.62. The Morgan fingerprint density at radius 3 is 1.05 bits per heavy atom. The molecule has 0 unspecified atom stereocenters. The summed E-state index contributed by atoms with van der Waals surface area (Å²) in [6, 6.07) is 77.3.